The van der Waals surface area contributed by atoms with Crippen molar-refractivity contribution in [2.24, 2.45) is 17.6 Å². The van der Waals surface area contributed by atoms with Gasteiger partial charge in [-0.25, -0.2) is 4.79 Å². The third kappa shape index (κ3) is 3.39. The van der Waals surface area contributed by atoms with Crippen LogP contribution < -0.4 is 10.5 Å². The summed E-state index contributed by atoms with van der Waals surface area (Å²) in [6, 6.07) is 5.25. The topological polar surface area (TPSA) is 75.8 Å². The van der Waals surface area contributed by atoms with Gasteiger partial charge in [-0.1, -0.05) is 24.4 Å². The molecule has 2 aliphatic carbocycles. The number of carbonyl (C=O) groups excluding carboxylic acids is 1. The summed E-state index contributed by atoms with van der Waals surface area (Å²) in [4.78, 5) is 14.3. The summed E-state index contributed by atoms with van der Waals surface area (Å²) in [5.41, 5.74) is 6.87. The van der Waals surface area contributed by atoms with Gasteiger partial charge < -0.3 is 20.5 Å². The van der Waals surface area contributed by atoms with Crippen LogP contribution in [0, 0.1) is 11.8 Å². The molecular formula is C20H27ClN2O3. The molecule has 3 aliphatic rings. The number of rotatable bonds is 2. The number of hydrogen-bond donors (Lipinski definition) is 2. The van der Waals surface area contributed by atoms with Gasteiger partial charge in [0, 0.05) is 11.1 Å². The lowest BCUT2D eigenvalue weighted by Crippen LogP contribution is -2.58. The monoisotopic (exact) mass is 378 g/mol. The Morgan fingerprint density at radius 1 is 1.27 bits per heavy atom. The molecule has 0 bridgehead atoms. The van der Waals surface area contributed by atoms with E-state index in [2.05, 4.69) is 0 Å². The largest absolute Gasteiger partial charge is 0.491 e. The zero-order valence-electron chi connectivity index (χ0n) is 14.9. The smallest absolute Gasteiger partial charge is 0.315 e. The number of aliphatic hydroxyl groups is 1. The molecule has 1 aromatic rings. The third-order valence-corrected chi connectivity index (χ3v) is 6.74. The summed E-state index contributed by atoms with van der Waals surface area (Å²) in [6.07, 6.45) is 6.41. The molecule has 1 heterocycles. The van der Waals surface area contributed by atoms with Crippen molar-refractivity contribution >= 4 is 17.6 Å². The van der Waals surface area contributed by atoms with E-state index in [1.807, 2.05) is 23.1 Å². The first-order valence-electron chi connectivity index (χ1n) is 9.70. The predicted octanol–water partition coefficient (Wildman–Crippen LogP) is 3.35. The summed E-state index contributed by atoms with van der Waals surface area (Å²) in [5, 5.41) is 10.9. The van der Waals surface area contributed by atoms with Crippen molar-refractivity contribution in [2.45, 2.75) is 63.1 Å². The molecule has 26 heavy (non-hydrogen) atoms. The number of nitrogens with two attached hydrogens (primary N) is 1. The minimum absolute atomic E-state index is 0.0821. The minimum Gasteiger partial charge on any atom is -0.491 e. The van der Waals surface area contributed by atoms with Crippen molar-refractivity contribution in [2.75, 3.05) is 6.61 Å². The summed E-state index contributed by atoms with van der Waals surface area (Å²) >= 11 is 6.13. The minimum atomic E-state index is -0.380. The summed E-state index contributed by atoms with van der Waals surface area (Å²) < 4.78 is 5.91. The Morgan fingerprint density at radius 3 is 2.92 bits per heavy atom. The highest BCUT2D eigenvalue weighted by Gasteiger charge is 2.44. The van der Waals surface area contributed by atoms with Crippen LogP contribution in [0.4, 0.5) is 4.79 Å². The molecule has 3 N–H and O–H groups in total. The van der Waals surface area contributed by atoms with Crippen LogP contribution in [0.5, 0.6) is 5.75 Å². The van der Waals surface area contributed by atoms with E-state index in [-0.39, 0.29) is 24.2 Å². The maximum atomic E-state index is 12.4. The predicted molar refractivity (Wildman–Crippen MR) is 100 cm³/mol. The van der Waals surface area contributed by atoms with Crippen LogP contribution in [0.25, 0.3) is 0 Å². The van der Waals surface area contributed by atoms with E-state index in [1.54, 1.807) is 0 Å². The van der Waals surface area contributed by atoms with E-state index in [4.69, 9.17) is 22.1 Å². The highest BCUT2D eigenvalue weighted by Crippen LogP contribution is 2.43. The Morgan fingerprint density at radius 2 is 2.12 bits per heavy atom. The second kappa shape index (κ2) is 7.28. The van der Waals surface area contributed by atoms with Gasteiger partial charge in [-0.2, -0.15) is 0 Å². The normalized spacial score (nSPS) is 33.5. The molecule has 4 rings (SSSR count). The van der Waals surface area contributed by atoms with Crippen LogP contribution >= 0.6 is 11.6 Å². The quantitative estimate of drug-likeness (QED) is 0.828. The second-order valence-corrected chi connectivity index (χ2v) is 8.49. The van der Waals surface area contributed by atoms with E-state index in [9.17, 15) is 9.90 Å². The SMILES string of the molecule is NC(=O)N(C1COc2ccc(Cl)cc2C1)C1CCCC2CCC(O)CC21. The lowest BCUT2D eigenvalue weighted by molar-refractivity contribution is -0.0131. The van der Waals surface area contributed by atoms with Crippen LogP contribution in [0.15, 0.2) is 18.2 Å². The molecule has 2 saturated carbocycles. The van der Waals surface area contributed by atoms with Crippen molar-refractivity contribution < 1.29 is 14.6 Å². The summed E-state index contributed by atoms with van der Waals surface area (Å²) in [7, 11) is 0. The Labute approximate surface area is 159 Å². The fourth-order valence-electron chi connectivity index (χ4n) is 5.36. The molecular weight excluding hydrogens is 352 g/mol. The molecule has 2 amide bonds. The maximum Gasteiger partial charge on any atom is 0.315 e. The molecule has 2 fully saturated rings. The van der Waals surface area contributed by atoms with Gasteiger partial charge in [0.2, 0.25) is 0 Å². The van der Waals surface area contributed by atoms with Gasteiger partial charge in [-0.05, 0) is 67.7 Å². The summed E-state index contributed by atoms with van der Waals surface area (Å²) in [5.74, 6) is 1.76. The van der Waals surface area contributed by atoms with Crippen molar-refractivity contribution in [3.63, 3.8) is 0 Å². The average Bonchev–Trinajstić information content (AvgIpc) is 2.61. The molecule has 142 valence electrons. The fourth-order valence-corrected chi connectivity index (χ4v) is 5.56. The van der Waals surface area contributed by atoms with Crippen LogP contribution in [0.1, 0.15) is 44.1 Å². The molecule has 5 nitrogen and oxygen atoms in total. The van der Waals surface area contributed by atoms with Crippen LogP contribution in [0.2, 0.25) is 5.02 Å². The third-order valence-electron chi connectivity index (χ3n) is 6.50. The van der Waals surface area contributed by atoms with Gasteiger partial charge in [0.15, 0.2) is 0 Å². The van der Waals surface area contributed by atoms with Gasteiger partial charge in [0.05, 0.1) is 12.1 Å². The van der Waals surface area contributed by atoms with Gasteiger partial charge >= 0.3 is 6.03 Å². The first-order valence-corrected chi connectivity index (χ1v) is 10.1. The van der Waals surface area contributed by atoms with Crippen molar-refractivity contribution in [1.82, 2.24) is 4.90 Å². The molecule has 5 atom stereocenters. The van der Waals surface area contributed by atoms with E-state index in [0.29, 0.717) is 29.9 Å². The van der Waals surface area contributed by atoms with Gasteiger partial charge in [0.1, 0.15) is 12.4 Å². The van der Waals surface area contributed by atoms with E-state index < -0.39 is 0 Å². The molecule has 0 saturated heterocycles. The van der Waals surface area contributed by atoms with E-state index in [1.165, 1.54) is 6.42 Å². The second-order valence-electron chi connectivity index (χ2n) is 8.06. The van der Waals surface area contributed by atoms with Crippen molar-refractivity contribution in [3.05, 3.63) is 28.8 Å². The zero-order valence-corrected chi connectivity index (χ0v) is 15.7. The number of carbonyl (C=O) groups is 1. The standard InChI is InChI=1S/C20H27ClN2O3/c21-14-5-7-19-13(8-14)9-15(11-26-19)23(20(22)25)18-3-1-2-12-4-6-16(24)10-17(12)18/h5,7-8,12,15-18,24H,1-4,6,9-11H2,(H2,22,25). The zero-order chi connectivity index (χ0) is 18.3. The summed E-state index contributed by atoms with van der Waals surface area (Å²) in [6.45, 7) is 0.452. The highest BCUT2D eigenvalue weighted by molar-refractivity contribution is 6.30. The lowest BCUT2D eigenvalue weighted by atomic mass is 9.67. The Hall–Kier alpha value is -1.46. The molecule has 0 aromatic heterocycles. The number of aliphatic hydroxyl groups excluding tert-OH is 1. The molecule has 5 unspecified atom stereocenters. The number of benzene rings is 1. The van der Waals surface area contributed by atoms with Gasteiger partial charge in [0.25, 0.3) is 0 Å². The average molecular weight is 379 g/mol. The lowest BCUT2D eigenvalue weighted by Gasteiger charge is -2.49. The Balaban J connectivity index is 1.58. The van der Waals surface area contributed by atoms with E-state index in [0.717, 1.165) is 43.4 Å². The number of urea groups is 1. The molecule has 6 heteroatoms. The number of nitrogens with zero attached hydrogens (tertiary/aromatic N) is 1. The van der Waals surface area contributed by atoms with Crippen molar-refractivity contribution in [3.8, 4) is 5.75 Å². The number of fused-ring (bicyclic) bond motifs is 2. The Bertz CT molecular complexity index is 683. The highest BCUT2D eigenvalue weighted by atomic mass is 35.5. The number of primary amides is 1. The first-order chi connectivity index (χ1) is 12.5. The fraction of sp³-hybridized carbons (Fsp3) is 0.650. The van der Waals surface area contributed by atoms with Gasteiger partial charge in [-0.15, -0.1) is 0 Å². The molecule has 0 spiro atoms. The first kappa shape index (κ1) is 17.9. The number of ether oxygens (including phenoxy) is 1. The Kier molecular flexibility index (Phi) is 5.02. The van der Waals surface area contributed by atoms with Crippen LogP contribution in [-0.2, 0) is 6.42 Å². The van der Waals surface area contributed by atoms with Crippen LogP contribution in [0.3, 0.4) is 0 Å². The number of hydrogen-bond acceptors (Lipinski definition) is 3. The number of amides is 2. The van der Waals surface area contributed by atoms with E-state index >= 15 is 0 Å². The van der Waals surface area contributed by atoms with Crippen molar-refractivity contribution in [1.29, 1.82) is 0 Å². The maximum absolute atomic E-state index is 12.4. The number of halogens is 1. The van der Waals surface area contributed by atoms with Gasteiger partial charge in [-0.3, -0.25) is 0 Å². The van der Waals surface area contributed by atoms with Crippen LogP contribution in [-0.4, -0.2) is 40.8 Å². The molecule has 1 aliphatic heterocycles. The molecule has 0 radical (unpaired) electrons. The molecule has 1 aromatic carbocycles.